The zero-order chi connectivity index (χ0) is 20.6. The summed E-state index contributed by atoms with van der Waals surface area (Å²) in [7, 11) is -3.56. The zero-order valence-corrected chi connectivity index (χ0v) is 17.1. The Morgan fingerprint density at radius 2 is 1.79 bits per heavy atom. The van der Waals surface area contributed by atoms with Gasteiger partial charge in [0.1, 0.15) is 5.58 Å². The number of aromatic nitrogens is 3. The summed E-state index contributed by atoms with van der Waals surface area (Å²) in [6.45, 7) is 6.29. The summed E-state index contributed by atoms with van der Waals surface area (Å²) < 4.78 is 38.4. The predicted molar refractivity (Wildman–Crippen MR) is 108 cm³/mol. The average Bonchev–Trinajstić information content (AvgIpc) is 3.34. The number of rotatable bonds is 6. The molecule has 0 amide bonds. The SMILES string of the molecule is CCN(CC)S(=O)(=O)c1ccc2oc(-c3nc(-c4ccncc4)no3)c(C)c2c1. The number of furan rings is 1. The highest BCUT2D eigenvalue weighted by molar-refractivity contribution is 7.89. The van der Waals surface area contributed by atoms with Crippen LogP contribution in [0.1, 0.15) is 19.4 Å². The number of nitrogens with zero attached hydrogens (tertiary/aromatic N) is 4. The van der Waals surface area contributed by atoms with Gasteiger partial charge in [0.15, 0.2) is 5.76 Å². The highest BCUT2D eigenvalue weighted by Crippen LogP contribution is 2.34. The molecular weight excluding hydrogens is 392 g/mol. The molecule has 0 aliphatic rings. The molecule has 9 heteroatoms. The monoisotopic (exact) mass is 412 g/mol. The van der Waals surface area contributed by atoms with Crippen LogP contribution in [-0.4, -0.2) is 40.9 Å². The molecule has 29 heavy (non-hydrogen) atoms. The van der Waals surface area contributed by atoms with E-state index in [1.54, 1.807) is 42.7 Å². The summed E-state index contributed by atoms with van der Waals surface area (Å²) in [6, 6.07) is 8.40. The fraction of sp³-hybridized carbons (Fsp3) is 0.250. The highest BCUT2D eigenvalue weighted by atomic mass is 32.2. The van der Waals surface area contributed by atoms with Crippen molar-refractivity contribution in [2.75, 3.05) is 13.1 Å². The molecule has 8 nitrogen and oxygen atoms in total. The lowest BCUT2D eigenvalue weighted by atomic mass is 10.1. The molecule has 3 aromatic heterocycles. The molecule has 150 valence electrons. The lowest BCUT2D eigenvalue weighted by Crippen LogP contribution is -2.30. The molecule has 4 aromatic rings. The number of sulfonamides is 1. The Morgan fingerprint density at radius 1 is 1.07 bits per heavy atom. The van der Waals surface area contributed by atoms with Crippen LogP contribution in [0.15, 0.2) is 56.6 Å². The summed E-state index contributed by atoms with van der Waals surface area (Å²) in [5.74, 6) is 1.08. The Labute approximate surface area is 168 Å². The van der Waals surface area contributed by atoms with Crippen LogP contribution >= 0.6 is 0 Å². The molecule has 0 bridgehead atoms. The van der Waals surface area contributed by atoms with Crippen LogP contribution in [0.5, 0.6) is 0 Å². The highest BCUT2D eigenvalue weighted by Gasteiger charge is 2.24. The maximum absolute atomic E-state index is 12.8. The van der Waals surface area contributed by atoms with Crippen LogP contribution in [0.4, 0.5) is 0 Å². The van der Waals surface area contributed by atoms with E-state index in [9.17, 15) is 8.42 Å². The molecule has 0 spiro atoms. The minimum atomic E-state index is -3.56. The van der Waals surface area contributed by atoms with Crippen LogP contribution in [0.3, 0.4) is 0 Å². The van der Waals surface area contributed by atoms with E-state index < -0.39 is 10.0 Å². The topological polar surface area (TPSA) is 102 Å². The molecule has 3 heterocycles. The molecular formula is C20H20N4O4S. The molecule has 0 N–H and O–H groups in total. The Morgan fingerprint density at radius 3 is 2.48 bits per heavy atom. The first-order valence-electron chi connectivity index (χ1n) is 9.23. The summed E-state index contributed by atoms with van der Waals surface area (Å²) in [5, 5.41) is 4.69. The van der Waals surface area contributed by atoms with Gasteiger partial charge in [-0.2, -0.15) is 9.29 Å². The third-order valence-corrected chi connectivity index (χ3v) is 6.86. The molecule has 0 aliphatic heterocycles. The van der Waals surface area contributed by atoms with Gasteiger partial charge in [-0.1, -0.05) is 19.0 Å². The number of hydrogen-bond acceptors (Lipinski definition) is 7. The van der Waals surface area contributed by atoms with Gasteiger partial charge in [0.2, 0.25) is 15.8 Å². The summed E-state index contributed by atoms with van der Waals surface area (Å²) >= 11 is 0. The number of fused-ring (bicyclic) bond motifs is 1. The third kappa shape index (κ3) is 3.32. The predicted octanol–water partition coefficient (Wildman–Crippen LogP) is 3.88. The normalized spacial score (nSPS) is 12.1. The number of pyridine rings is 1. The lowest BCUT2D eigenvalue weighted by molar-refractivity contribution is 0.419. The maximum atomic E-state index is 12.8. The molecule has 0 fully saturated rings. The molecule has 0 aliphatic carbocycles. The fourth-order valence-electron chi connectivity index (χ4n) is 3.21. The Bertz CT molecular complexity index is 1260. The van der Waals surface area contributed by atoms with E-state index in [1.807, 2.05) is 20.8 Å². The molecule has 1 aromatic carbocycles. The number of hydrogen-bond donors (Lipinski definition) is 0. The summed E-state index contributed by atoms with van der Waals surface area (Å²) in [6.07, 6.45) is 3.30. The van der Waals surface area contributed by atoms with Gasteiger partial charge < -0.3 is 8.94 Å². The van der Waals surface area contributed by atoms with Crippen LogP contribution in [-0.2, 0) is 10.0 Å². The van der Waals surface area contributed by atoms with Crippen molar-refractivity contribution in [3.05, 3.63) is 48.3 Å². The first kappa shape index (κ1) is 19.3. The fourth-order valence-corrected chi connectivity index (χ4v) is 4.70. The van der Waals surface area contributed by atoms with Crippen LogP contribution in [0, 0.1) is 6.92 Å². The van der Waals surface area contributed by atoms with E-state index in [-0.39, 0.29) is 10.8 Å². The Hall–Kier alpha value is -3.04. The number of benzene rings is 1. The van der Waals surface area contributed by atoms with E-state index in [2.05, 4.69) is 15.1 Å². The van der Waals surface area contributed by atoms with Gasteiger partial charge in [-0.3, -0.25) is 4.98 Å². The second-order valence-corrected chi connectivity index (χ2v) is 8.40. The van der Waals surface area contributed by atoms with Crippen molar-refractivity contribution < 1.29 is 17.4 Å². The van der Waals surface area contributed by atoms with Gasteiger partial charge in [0, 0.05) is 42.0 Å². The van der Waals surface area contributed by atoms with E-state index >= 15 is 0 Å². The summed E-state index contributed by atoms with van der Waals surface area (Å²) in [4.78, 5) is 8.61. The van der Waals surface area contributed by atoms with E-state index in [0.717, 1.165) is 11.1 Å². The largest absolute Gasteiger partial charge is 0.451 e. The molecule has 4 rings (SSSR count). The average molecular weight is 412 g/mol. The summed E-state index contributed by atoms with van der Waals surface area (Å²) in [5.41, 5.74) is 2.07. The first-order chi connectivity index (χ1) is 14.0. The third-order valence-electron chi connectivity index (χ3n) is 4.81. The smallest absolute Gasteiger partial charge is 0.294 e. The van der Waals surface area contributed by atoms with Gasteiger partial charge in [0.05, 0.1) is 4.90 Å². The molecule has 0 unspecified atom stereocenters. The van der Waals surface area contributed by atoms with Crippen molar-refractivity contribution in [1.29, 1.82) is 0 Å². The Balaban J connectivity index is 1.77. The van der Waals surface area contributed by atoms with Gasteiger partial charge >= 0.3 is 0 Å². The van der Waals surface area contributed by atoms with Gasteiger partial charge in [0.25, 0.3) is 5.89 Å². The quantitative estimate of drug-likeness (QED) is 0.473. The van der Waals surface area contributed by atoms with Crippen LogP contribution in [0.2, 0.25) is 0 Å². The van der Waals surface area contributed by atoms with E-state index in [0.29, 0.717) is 35.6 Å². The minimum Gasteiger partial charge on any atom is -0.451 e. The van der Waals surface area contributed by atoms with Crippen molar-refractivity contribution in [3.8, 4) is 23.0 Å². The van der Waals surface area contributed by atoms with Crippen molar-refractivity contribution in [3.63, 3.8) is 0 Å². The standard InChI is InChI=1S/C20H20N4O4S/c1-4-24(5-2)29(25,26)15-6-7-17-16(12-15)13(3)18(27-17)20-22-19(23-28-20)14-8-10-21-11-9-14/h6-12H,4-5H2,1-3H3. The van der Waals surface area contributed by atoms with Gasteiger partial charge in [-0.25, -0.2) is 8.42 Å². The van der Waals surface area contributed by atoms with E-state index in [4.69, 9.17) is 8.94 Å². The number of aryl methyl sites for hydroxylation is 1. The van der Waals surface area contributed by atoms with Crippen LogP contribution in [0.25, 0.3) is 34.0 Å². The van der Waals surface area contributed by atoms with Gasteiger partial charge in [-0.05, 0) is 37.3 Å². The molecule has 0 saturated carbocycles. The molecule has 0 radical (unpaired) electrons. The minimum absolute atomic E-state index is 0.229. The lowest BCUT2D eigenvalue weighted by Gasteiger charge is -2.18. The molecule has 0 saturated heterocycles. The van der Waals surface area contributed by atoms with Crippen molar-refractivity contribution in [1.82, 2.24) is 19.4 Å². The molecule has 0 atom stereocenters. The van der Waals surface area contributed by atoms with Gasteiger partial charge in [-0.15, -0.1) is 0 Å². The zero-order valence-electron chi connectivity index (χ0n) is 16.3. The first-order valence-corrected chi connectivity index (χ1v) is 10.7. The Kier molecular flexibility index (Phi) is 4.93. The second kappa shape index (κ2) is 7.41. The second-order valence-electron chi connectivity index (χ2n) is 6.46. The van der Waals surface area contributed by atoms with Crippen molar-refractivity contribution >= 4 is 21.0 Å². The van der Waals surface area contributed by atoms with E-state index in [1.165, 1.54) is 4.31 Å². The maximum Gasteiger partial charge on any atom is 0.294 e. The van der Waals surface area contributed by atoms with Crippen LogP contribution < -0.4 is 0 Å². The van der Waals surface area contributed by atoms with Crippen molar-refractivity contribution in [2.45, 2.75) is 25.7 Å². The van der Waals surface area contributed by atoms with Crippen molar-refractivity contribution in [2.24, 2.45) is 0 Å².